The molecule has 0 spiro atoms. The Morgan fingerprint density at radius 3 is 2.71 bits per heavy atom. The Bertz CT molecular complexity index is 625. The second-order valence-electron chi connectivity index (χ2n) is 8.03. The molecule has 2 rings (SSSR count). The molecule has 0 amide bonds. The lowest BCUT2D eigenvalue weighted by Crippen LogP contribution is -2.19. The van der Waals surface area contributed by atoms with Gasteiger partial charge >= 0.3 is 0 Å². The summed E-state index contributed by atoms with van der Waals surface area (Å²) < 4.78 is 5.15. The van der Waals surface area contributed by atoms with Gasteiger partial charge in [0.05, 0.1) is 18.8 Å². The Morgan fingerprint density at radius 2 is 1.96 bits per heavy atom. The van der Waals surface area contributed by atoms with E-state index in [1.54, 1.807) is 13.2 Å². The minimum Gasteiger partial charge on any atom is -0.392 e. The van der Waals surface area contributed by atoms with Crippen LogP contribution in [0.4, 0.5) is 0 Å². The van der Waals surface area contributed by atoms with Gasteiger partial charge in [-0.1, -0.05) is 75.4 Å². The highest BCUT2D eigenvalue weighted by Gasteiger charge is 2.39. The molecule has 0 saturated heterocycles. The third-order valence-electron chi connectivity index (χ3n) is 5.65. The molecule has 2 N–H and O–H groups in total. The van der Waals surface area contributed by atoms with E-state index >= 15 is 0 Å². The Kier molecular flexibility index (Phi) is 9.89. The van der Waals surface area contributed by atoms with Crippen LogP contribution in [0, 0.1) is 11.8 Å². The predicted molar refractivity (Wildman–Crippen MR) is 112 cm³/mol. The quantitative estimate of drug-likeness (QED) is 0.416. The topological polar surface area (TPSA) is 66.8 Å². The zero-order valence-electron chi connectivity index (χ0n) is 17.3. The van der Waals surface area contributed by atoms with Crippen LogP contribution >= 0.6 is 0 Å². The lowest BCUT2D eigenvalue weighted by molar-refractivity contribution is -0.121. The summed E-state index contributed by atoms with van der Waals surface area (Å²) in [6.07, 6.45) is 9.78. The van der Waals surface area contributed by atoms with E-state index in [1.807, 2.05) is 30.3 Å². The van der Waals surface area contributed by atoms with Crippen molar-refractivity contribution in [3.8, 4) is 0 Å². The van der Waals surface area contributed by atoms with Gasteiger partial charge in [-0.15, -0.1) is 0 Å². The lowest BCUT2D eigenvalue weighted by Gasteiger charge is -2.18. The number of Topliss-reactive ketones (excluding diaryl/α,β-unsaturated/α-hetero) is 1. The van der Waals surface area contributed by atoms with Crippen molar-refractivity contribution in [2.75, 3.05) is 7.11 Å². The fourth-order valence-electron chi connectivity index (χ4n) is 4.14. The van der Waals surface area contributed by atoms with Crippen LogP contribution in [-0.2, 0) is 22.6 Å². The fraction of sp³-hybridized carbons (Fsp3) is 0.625. The summed E-state index contributed by atoms with van der Waals surface area (Å²) in [7, 11) is 1.67. The molecule has 156 valence electrons. The summed E-state index contributed by atoms with van der Waals surface area (Å²) in [6.45, 7) is 2.74. The van der Waals surface area contributed by atoms with E-state index in [1.165, 1.54) is 19.3 Å². The van der Waals surface area contributed by atoms with Crippen molar-refractivity contribution in [3.63, 3.8) is 0 Å². The van der Waals surface area contributed by atoms with Gasteiger partial charge < -0.3 is 14.9 Å². The average molecular weight is 389 g/mol. The SMILES string of the molecule is CCCCCCC[C@H]1C(=O)C[C@@H](O)[C@@H]1/C=C/[C@@H](O)Cc1cccc(COC)c1. The van der Waals surface area contributed by atoms with Crippen LogP contribution in [-0.4, -0.2) is 35.3 Å². The highest BCUT2D eigenvalue weighted by atomic mass is 16.5. The number of hydrogen-bond acceptors (Lipinski definition) is 4. The molecule has 4 heteroatoms. The Hall–Kier alpha value is -1.49. The second-order valence-corrected chi connectivity index (χ2v) is 8.03. The summed E-state index contributed by atoms with van der Waals surface area (Å²) in [6, 6.07) is 7.99. The van der Waals surface area contributed by atoms with Crippen LogP contribution in [0.25, 0.3) is 0 Å². The Balaban J connectivity index is 1.90. The molecule has 1 aromatic carbocycles. The van der Waals surface area contributed by atoms with Gasteiger partial charge in [0.25, 0.3) is 0 Å². The van der Waals surface area contributed by atoms with Gasteiger partial charge in [0.1, 0.15) is 5.78 Å². The third kappa shape index (κ3) is 7.16. The molecule has 0 radical (unpaired) electrons. The normalized spacial score (nSPS) is 23.6. The number of ketones is 1. The standard InChI is InChI=1S/C24H36O4/c1-3-4-5-6-7-11-21-22(24(27)16-23(21)26)13-12-20(25)15-18-9-8-10-19(14-18)17-28-2/h8-10,12-14,20-22,24-25,27H,3-7,11,15-17H2,1-2H3/b13-12+/t20-,21-,22-,24-/m1/s1. The number of aliphatic hydroxyl groups excluding tert-OH is 2. The van der Waals surface area contributed by atoms with Crippen molar-refractivity contribution in [1.82, 2.24) is 0 Å². The molecular weight excluding hydrogens is 352 g/mol. The number of unbranched alkanes of at least 4 members (excludes halogenated alkanes) is 4. The van der Waals surface area contributed by atoms with Crippen molar-refractivity contribution >= 4 is 5.78 Å². The smallest absolute Gasteiger partial charge is 0.139 e. The van der Waals surface area contributed by atoms with Gasteiger partial charge in [-0.25, -0.2) is 0 Å². The molecule has 0 heterocycles. The summed E-state index contributed by atoms with van der Waals surface area (Å²) in [5.41, 5.74) is 2.12. The van der Waals surface area contributed by atoms with Crippen molar-refractivity contribution in [1.29, 1.82) is 0 Å². The molecule has 4 nitrogen and oxygen atoms in total. The van der Waals surface area contributed by atoms with Crippen molar-refractivity contribution < 1.29 is 19.7 Å². The number of aliphatic hydroxyl groups is 2. The van der Waals surface area contributed by atoms with Gasteiger partial charge in [0.2, 0.25) is 0 Å². The van der Waals surface area contributed by atoms with Crippen LogP contribution in [0.2, 0.25) is 0 Å². The minimum absolute atomic E-state index is 0.106. The molecule has 0 bridgehead atoms. The Morgan fingerprint density at radius 1 is 1.21 bits per heavy atom. The largest absolute Gasteiger partial charge is 0.392 e. The van der Waals surface area contributed by atoms with Crippen LogP contribution in [0.3, 0.4) is 0 Å². The molecule has 1 aromatic rings. The molecule has 1 saturated carbocycles. The molecule has 1 fully saturated rings. The molecule has 1 aliphatic rings. The summed E-state index contributed by atoms with van der Waals surface area (Å²) in [5, 5.41) is 20.7. The summed E-state index contributed by atoms with van der Waals surface area (Å²) in [4.78, 5) is 12.3. The van der Waals surface area contributed by atoms with E-state index in [9.17, 15) is 15.0 Å². The van der Waals surface area contributed by atoms with Gasteiger partial charge in [0, 0.05) is 31.8 Å². The monoisotopic (exact) mass is 388 g/mol. The van der Waals surface area contributed by atoms with E-state index in [4.69, 9.17) is 4.74 Å². The average Bonchev–Trinajstić information content (AvgIpc) is 2.93. The first-order valence-corrected chi connectivity index (χ1v) is 10.7. The van der Waals surface area contributed by atoms with Crippen molar-refractivity contribution in [2.45, 2.75) is 77.1 Å². The first-order chi connectivity index (χ1) is 13.5. The van der Waals surface area contributed by atoms with Crippen molar-refractivity contribution in [3.05, 3.63) is 47.5 Å². The van der Waals surface area contributed by atoms with E-state index in [0.717, 1.165) is 30.4 Å². The maximum absolute atomic E-state index is 12.3. The van der Waals surface area contributed by atoms with E-state index in [2.05, 4.69) is 6.92 Å². The third-order valence-corrected chi connectivity index (χ3v) is 5.65. The van der Waals surface area contributed by atoms with Gasteiger partial charge in [-0.05, 0) is 17.5 Å². The van der Waals surface area contributed by atoms with E-state index in [0.29, 0.717) is 13.0 Å². The molecule has 0 aromatic heterocycles. The summed E-state index contributed by atoms with van der Waals surface area (Å²) >= 11 is 0. The zero-order chi connectivity index (χ0) is 20.4. The van der Waals surface area contributed by atoms with Crippen LogP contribution in [0.1, 0.15) is 63.0 Å². The number of rotatable bonds is 12. The van der Waals surface area contributed by atoms with Crippen LogP contribution < -0.4 is 0 Å². The molecule has 0 unspecified atom stereocenters. The van der Waals surface area contributed by atoms with Gasteiger partial charge in [0.15, 0.2) is 0 Å². The Labute approximate surface area is 169 Å². The lowest BCUT2D eigenvalue weighted by atomic mass is 9.88. The number of carbonyl (C=O) groups excluding carboxylic acids is 1. The maximum Gasteiger partial charge on any atom is 0.139 e. The fourth-order valence-corrected chi connectivity index (χ4v) is 4.14. The molecule has 0 aliphatic heterocycles. The first kappa shape index (κ1) is 22.8. The minimum atomic E-state index is -0.633. The van der Waals surface area contributed by atoms with Crippen LogP contribution in [0.5, 0.6) is 0 Å². The zero-order valence-corrected chi connectivity index (χ0v) is 17.3. The van der Waals surface area contributed by atoms with E-state index < -0.39 is 12.2 Å². The highest BCUT2D eigenvalue weighted by Crippen LogP contribution is 2.34. The predicted octanol–water partition coefficient (Wildman–Crippen LogP) is 4.22. The maximum atomic E-state index is 12.3. The van der Waals surface area contributed by atoms with Crippen LogP contribution in [0.15, 0.2) is 36.4 Å². The number of ether oxygens (including phenoxy) is 1. The molecule has 1 aliphatic carbocycles. The number of methoxy groups -OCH3 is 1. The number of carbonyl (C=O) groups is 1. The first-order valence-electron chi connectivity index (χ1n) is 10.7. The summed E-state index contributed by atoms with van der Waals surface area (Å²) in [5.74, 6) is -0.113. The molecule has 4 atom stereocenters. The van der Waals surface area contributed by atoms with Gasteiger partial charge in [-0.2, -0.15) is 0 Å². The van der Waals surface area contributed by atoms with Gasteiger partial charge in [-0.3, -0.25) is 4.79 Å². The highest BCUT2D eigenvalue weighted by molar-refractivity contribution is 5.84. The van der Waals surface area contributed by atoms with E-state index in [-0.39, 0.29) is 24.0 Å². The number of benzene rings is 1. The molecule has 28 heavy (non-hydrogen) atoms. The molecular formula is C24H36O4. The van der Waals surface area contributed by atoms with Crippen molar-refractivity contribution in [2.24, 2.45) is 11.8 Å². The number of hydrogen-bond donors (Lipinski definition) is 2. The second kappa shape index (κ2) is 12.2.